The second-order valence-corrected chi connectivity index (χ2v) is 4.10. The number of rotatable bonds is 8. The summed E-state index contributed by atoms with van der Waals surface area (Å²) in [7, 11) is 0. The van der Waals surface area contributed by atoms with E-state index in [1.54, 1.807) is 0 Å². The number of hydrogen-bond donors (Lipinski definition) is 0. The highest BCUT2D eigenvalue weighted by molar-refractivity contribution is 6.17. The van der Waals surface area contributed by atoms with Crippen LogP contribution in [0.5, 0.6) is 5.75 Å². The van der Waals surface area contributed by atoms with Crippen LogP contribution in [-0.2, 0) is 10.6 Å². The van der Waals surface area contributed by atoms with Gasteiger partial charge in [-0.15, -0.1) is 11.6 Å². The Morgan fingerprint density at radius 3 is 2.33 bits per heavy atom. The second-order valence-electron chi connectivity index (χ2n) is 3.84. The summed E-state index contributed by atoms with van der Waals surface area (Å²) in [6, 6.07) is 2.34. The molecule has 1 aromatic rings. The van der Waals surface area contributed by atoms with Gasteiger partial charge in [-0.2, -0.15) is 0 Å². The molecule has 0 spiro atoms. The van der Waals surface area contributed by atoms with E-state index < -0.39 is 11.6 Å². The van der Waals surface area contributed by atoms with Crippen molar-refractivity contribution < 1.29 is 18.3 Å². The van der Waals surface area contributed by atoms with Gasteiger partial charge in [0, 0.05) is 12.5 Å². The van der Waals surface area contributed by atoms with Crippen molar-refractivity contribution in [2.24, 2.45) is 0 Å². The number of alkyl halides is 1. The highest BCUT2D eigenvalue weighted by Gasteiger charge is 2.12. The van der Waals surface area contributed by atoms with Gasteiger partial charge >= 0.3 is 0 Å². The van der Waals surface area contributed by atoms with Crippen LogP contribution in [0.3, 0.4) is 0 Å². The molecule has 0 heterocycles. The third-order valence-corrected chi connectivity index (χ3v) is 2.64. The standard InChI is InChI=1S/C13H17ClF2O2/c1-2-3-4-17-5-6-18-13-11(15)7-10(9-14)8-12(13)16/h7-8H,2-6,9H2,1H3. The smallest absolute Gasteiger partial charge is 0.190 e. The topological polar surface area (TPSA) is 18.5 Å². The van der Waals surface area contributed by atoms with Gasteiger partial charge in [0.25, 0.3) is 0 Å². The van der Waals surface area contributed by atoms with E-state index in [-0.39, 0.29) is 18.2 Å². The zero-order valence-corrected chi connectivity index (χ0v) is 11.1. The molecule has 0 aliphatic carbocycles. The van der Waals surface area contributed by atoms with Crippen LogP contribution in [0.4, 0.5) is 8.78 Å². The number of halogens is 3. The van der Waals surface area contributed by atoms with Gasteiger partial charge in [0.15, 0.2) is 17.4 Å². The zero-order valence-electron chi connectivity index (χ0n) is 10.3. The molecule has 18 heavy (non-hydrogen) atoms. The van der Waals surface area contributed by atoms with Crippen LogP contribution < -0.4 is 4.74 Å². The molecule has 0 saturated carbocycles. The minimum absolute atomic E-state index is 0.0637. The molecule has 0 N–H and O–H groups in total. The van der Waals surface area contributed by atoms with E-state index in [1.807, 2.05) is 0 Å². The van der Waals surface area contributed by atoms with Crippen molar-refractivity contribution in [3.05, 3.63) is 29.3 Å². The Morgan fingerprint density at radius 1 is 1.11 bits per heavy atom. The fourth-order valence-electron chi connectivity index (χ4n) is 1.38. The van der Waals surface area contributed by atoms with E-state index in [0.29, 0.717) is 18.8 Å². The molecular formula is C13H17ClF2O2. The van der Waals surface area contributed by atoms with Crippen molar-refractivity contribution in [1.82, 2.24) is 0 Å². The number of ether oxygens (including phenoxy) is 2. The van der Waals surface area contributed by atoms with Crippen LogP contribution in [0.2, 0.25) is 0 Å². The summed E-state index contributed by atoms with van der Waals surface area (Å²) in [6.45, 7) is 3.13. The second kappa shape index (κ2) is 8.27. The van der Waals surface area contributed by atoms with E-state index >= 15 is 0 Å². The first-order valence-corrected chi connectivity index (χ1v) is 6.47. The molecular weight excluding hydrogens is 262 g/mol. The van der Waals surface area contributed by atoms with Crippen molar-refractivity contribution in [3.8, 4) is 5.75 Å². The molecule has 5 heteroatoms. The molecule has 0 atom stereocenters. The Bertz CT molecular complexity index is 349. The van der Waals surface area contributed by atoms with Crippen molar-refractivity contribution in [3.63, 3.8) is 0 Å². The maximum absolute atomic E-state index is 13.5. The predicted molar refractivity (Wildman–Crippen MR) is 67.1 cm³/mol. The SMILES string of the molecule is CCCCOCCOc1c(F)cc(CCl)cc1F. The first-order valence-electron chi connectivity index (χ1n) is 5.93. The minimum atomic E-state index is -0.737. The molecule has 0 bridgehead atoms. The van der Waals surface area contributed by atoms with Crippen molar-refractivity contribution in [2.45, 2.75) is 25.6 Å². The van der Waals surface area contributed by atoms with Gasteiger partial charge in [-0.25, -0.2) is 8.78 Å². The molecule has 1 rings (SSSR count). The molecule has 0 radical (unpaired) electrons. The van der Waals surface area contributed by atoms with E-state index in [4.69, 9.17) is 21.1 Å². The van der Waals surface area contributed by atoms with Crippen LogP contribution in [0.15, 0.2) is 12.1 Å². The van der Waals surface area contributed by atoms with E-state index in [0.717, 1.165) is 12.8 Å². The van der Waals surface area contributed by atoms with Gasteiger partial charge in [0.1, 0.15) is 6.61 Å². The first-order chi connectivity index (χ1) is 8.69. The van der Waals surface area contributed by atoms with Crippen molar-refractivity contribution in [2.75, 3.05) is 19.8 Å². The fraction of sp³-hybridized carbons (Fsp3) is 0.538. The van der Waals surface area contributed by atoms with Crippen LogP contribution >= 0.6 is 11.6 Å². The van der Waals surface area contributed by atoms with Crippen molar-refractivity contribution >= 4 is 11.6 Å². The Hall–Kier alpha value is -0.870. The highest BCUT2D eigenvalue weighted by Crippen LogP contribution is 2.23. The minimum Gasteiger partial charge on any atom is -0.485 e. The lowest BCUT2D eigenvalue weighted by Crippen LogP contribution is -2.09. The molecule has 0 unspecified atom stereocenters. The average Bonchev–Trinajstić information content (AvgIpc) is 2.35. The zero-order chi connectivity index (χ0) is 13.4. The van der Waals surface area contributed by atoms with Crippen LogP contribution in [0, 0.1) is 11.6 Å². The molecule has 0 aromatic heterocycles. The van der Waals surface area contributed by atoms with Gasteiger partial charge in [-0.3, -0.25) is 0 Å². The largest absolute Gasteiger partial charge is 0.485 e. The first kappa shape index (κ1) is 15.2. The summed E-state index contributed by atoms with van der Waals surface area (Å²) in [5.74, 6) is -1.78. The van der Waals surface area contributed by atoms with Crippen LogP contribution in [-0.4, -0.2) is 19.8 Å². The monoisotopic (exact) mass is 278 g/mol. The number of benzene rings is 1. The van der Waals surface area contributed by atoms with Crippen LogP contribution in [0.1, 0.15) is 25.3 Å². The van der Waals surface area contributed by atoms with Gasteiger partial charge in [0.2, 0.25) is 0 Å². The Kier molecular flexibility index (Phi) is 6.98. The summed E-state index contributed by atoms with van der Waals surface area (Å²) < 4.78 is 37.2. The Morgan fingerprint density at radius 2 is 1.78 bits per heavy atom. The number of hydrogen-bond acceptors (Lipinski definition) is 2. The number of unbranched alkanes of at least 4 members (excludes halogenated alkanes) is 1. The lowest BCUT2D eigenvalue weighted by atomic mass is 10.2. The highest BCUT2D eigenvalue weighted by atomic mass is 35.5. The summed E-state index contributed by atoms with van der Waals surface area (Å²) in [5, 5.41) is 0. The maximum Gasteiger partial charge on any atom is 0.190 e. The predicted octanol–water partition coefficient (Wildman–Crippen LogP) is 3.90. The lowest BCUT2D eigenvalue weighted by Gasteiger charge is -2.09. The molecule has 0 amide bonds. The van der Waals surface area contributed by atoms with E-state index in [2.05, 4.69) is 6.92 Å². The Balaban J connectivity index is 2.42. The lowest BCUT2D eigenvalue weighted by molar-refractivity contribution is 0.0951. The molecule has 0 fully saturated rings. The summed E-state index contributed by atoms with van der Waals surface area (Å²) >= 11 is 5.50. The molecule has 1 aromatic carbocycles. The third kappa shape index (κ3) is 4.78. The summed E-state index contributed by atoms with van der Waals surface area (Å²) in [4.78, 5) is 0. The molecule has 102 valence electrons. The van der Waals surface area contributed by atoms with Gasteiger partial charge in [0.05, 0.1) is 6.61 Å². The molecule has 0 aliphatic rings. The quantitative estimate of drug-likeness (QED) is 0.530. The molecule has 0 saturated heterocycles. The molecule has 0 aliphatic heterocycles. The van der Waals surface area contributed by atoms with Crippen molar-refractivity contribution in [1.29, 1.82) is 0 Å². The summed E-state index contributed by atoms with van der Waals surface area (Å²) in [6.07, 6.45) is 2.01. The average molecular weight is 279 g/mol. The van der Waals surface area contributed by atoms with Crippen LogP contribution in [0.25, 0.3) is 0 Å². The summed E-state index contributed by atoms with van der Waals surface area (Å²) in [5.41, 5.74) is 0.387. The normalized spacial score (nSPS) is 10.7. The van der Waals surface area contributed by atoms with Gasteiger partial charge in [-0.05, 0) is 24.1 Å². The van der Waals surface area contributed by atoms with Gasteiger partial charge in [-0.1, -0.05) is 13.3 Å². The van der Waals surface area contributed by atoms with Gasteiger partial charge < -0.3 is 9.47 Å². The third-order valence-electron chi connectivity index (χ3n) is 2.33. The maximum atomic E-state index is 13.5. The Labute approximate surface area is 111 Å². The van der Waals surface area contributed by atoms with E-state index in [1.165, 1.54) is 12.1 Å². The van der Waals surface area contributed by atoms with E-state index in [9.17, 15) is 8.78 Å². The molecule has 2 nitrogen and oxygen atoms in total. The fourth-order valence-corrected chi connectivity index (χ4v) is 1.53.